The maximum Gasteiger partial charge on any atom is 0.0775 e. The Bertz CT molecular complexity index is 306. The fourth-order valence-corrected chi connectivity index (χ4v) is 2.45. The van der Waals surface area contributed by atoms with Crippen LogP contribution < -0.4 is 5.19 Å². The van der Waals surface area contributed by atoms with Crippen molar-refractivity contribution in [3.05, 3.63) is 35.9 Å². The molecule has 0 bridgehead atoms. The van der Waals surface area contributed by atoms with Gasteiger partial charge in [0.2, 0.25) is 0 Å². The van der Waals surface area contributed by atoms with E-state index in [2.05, 4.69) is 43.9 Å². The van der Waals surface area contributed by atoms with E-state index < -0.39 is 8.07 Å². The van der Waals surface area contributed by atoms with Gasteiger partial charge in [-0.25, -0.2) is 0 Å². The third kappa shape index (κ3) is 3.12. The molecule has 0 radical (unpaired) electrons. The number of rotatable bonds is 3. The summed E-state index contributed by atoms with van der Waals surface area (Å²) in [5.41, 5.74) is 1.15. The van der Waals surface area contributed by atoms with Crippen LogP contribution in [0.4, 0.5) is 0 Å². The highest BCUT2D eigenvalue weighted by Crippen LogP contribution is 2.05. The highest BCUT2D eigenvalue weighted by molar-refractivity contribution is 6.88. The molecule has 1 aromatic rings. The molecule has 1 N–H and O–H groups in total. The van der Waals surface area contributed by atoms with E-state index in [1.165, 1.54) is 5.19 Å². The molecule has 0 heterocycles. The van der Waals surface area contributed by atoms with Crippen LogP contribution >= 0.6 is 0 Å². The maximum absolute atomic E-state index is 8.63. The van der Waals surface area contributed by atoms with Gasteiger partial charge in [0, 0.05) is 0 Å². The van der Waals surface area contributed by atoms with E-state index in [9.17, 15) is 0 Å². The molecule has 0 atom stereocenters. The van der Waals surface area contributed by atoms with E-state index in [1.54, 1.807) is 6.08 Å². The average molecular weight is 206 g/mol. The van der Waals surface area contributed by atoms with Gasteiger partial charge in [0.1, 0.15) is 0 Å². The summed E-state index contributed by atoms with van der Waals surface area (Å²) in [4.78, 5) is 0. The van der Waals surface area contributed by atoms with Crippen LogP contribution in [0.25, 0.3) is 6.08 Å². The summed E-state index contributed by atoms with van der Waals surface area (Å²) in [5, 5.41) is 10.1. The lowest BCUT2D eigenvalue weighted by Crippen LogP contribution is -2.37. The zero-order valence-corrected chi connectivity index (χ0v) is 10.1. The van der Waals surface area contributed by atoms with Gasteiger partial charge in [-0.3, -0.25) is 0 Å². The fourth-order valence-electron chi connectivity index (χ4n) is 1.28. The minimum Gasteiger partial charge on any atom is -0.392 e. The van der Waals surface area contributed by atoms with Crippen molar-refractivity contribution < 1.29 is 5.11 Å². The van der Waals surface area contributed by atoms with Gasteiger partial charge in [-0.2, -0.15) is 0 Å². The van der Waals surface area contributed by atoms with Crippen LogP contribution in [0.3, 0.4) is 0 Å². The van der Waals surface area contributed by atoms with E-state index in [4.69, 9.17) is 5.11 Å². The second-order valence-electron chi connectivity index (χ2n) is 4.46. The molecule has 1 aromatic carbocycles. The summed E-state index contributed by atoms with van der Waals surface area (Å²) in [6, 6.07) is 8.62. The third-order valence-electron chi connectivity index (χ3n) is 2.19. The van der Waals surface area contributed by atoms with Crippen LogP contribution in [0.15, 0.2) is 30.3 Å². The molecule has 0 saturated carbocycles. The van der Waals surface area contributed by atoms with Gasteiger partial charge >= 0.3 is 0 Å². The number of benzene rings is 1. The number of hydrogen-bond acceptors (Lipinski definition) is 1. The SMILES string of the molecule is C[Si](C)(C)c1ccc(C=CCO)cc1. The van der Waals surface area contributed by atoms with Crippen LogP contribution in [-0.4, -0.2) is 19.8 Å². The lowest BCUT2D eigenvalue weighted by Gasteiger charge is -2.16. The van der Waals surface area contributed by atoms with Crippen LogP contribution in [0.5, 0.6) is 0 Å². The number of aliphatic hydroxyl groups is 1. The van der Waals surface area contributed by atoms with Crippen LogP contribution in [-0.2, 0) is 0 Å². The van der Waals surface area contributed by atoms with Gasteiger partial charge in [-0.1, -0.05) is 61.2 Å². The Kier molecular flexibility index (Phi) is 3.67. The summed E-state index contributed by atoms with van der Waals surface area (Å²) >= 11 is 0. The molecule has 0 aromatic heterocycles. The Morgan fingerprint density at radius 3 is 2.14 bits per heavy atom. The summed E-state index contributed by atoms with van der Waals surface area (Å²) < 4.78 is 0. The van der Waals surface area contributed by atoms with Gasteiger partial charge in [0.25, 0.3) is 0 Å². The molecule has 1 rings (SSSR count). The topological polar surface area (TPSA) is 20.2 Å². The summed E-state index contributed by atoms with van der Waals surface area (Å²) in [6.45, 7) is 7.12. The quantitative estimate of drug-likeness (QED) is 0.752. The van der Waals surface area contributed by atoms with Gasteiger partial charge in [-0.05, 0) is 5.56 Å². The van der Waals surface area contributed by atoms with E-state index in [-0.39, 0.29) is 6.61 Å². The van der Waals surface area contributed by atoms with Crippen molar-refractivity contribution in [3.63, 3.8) is 0 Å². The molecule has 0 aliphatic heterocycles. The monoisotopic (exact) mass is 206 g/mol. The Morgan fingerprint density at radius 2 is 1.71 bits per heavy atom. The molecule has 1 nitrogen and oxygen atoms in total. The van der Waals surface area contributed by atoms with E-state index in [0.717, 1.165) is 5.56 Å². The molecule has 76 valence electrons. The van der Waals surface area contributed by atoms with Crippen LogP contribution in [0.2, 0.25) is 19.6 Å². The fraction of sp³-hybridized carbons (Fsp3) is 0.333. The summed E-state index contributed by atoms with van der Waals surface area (Å²) in [7, 11) is -1.16. The molecule has 0 aliphatic carbocycles. The van der Waals surface area contributed by atoms with Crippen molar-refractivity contribution >= 4 is 19.3 Å². The van der Waals surface area contributed by atoms with Gasteiger partial charge in [0.15, 0.2) is 0 Å². The Hall–Kier alpha value is -0.863. The van der Waals surface area contributed by atoms with Crippen molar-refractivity contribution in [3.8, 4) is 0 Å². The zero-order valence-electron chi connectivity index (χ0n) is 9.12. The molecule has 0 unspecified atom stereocenters. The van der Waals surface area contributed by atoms with Crippen LogP contribution in [0.1, 0.15) is 5.56 Å². The maximum atomic E-state index is 8.63. The molecule has 0 fully saturated rings. The Balaban J connectivity index is 2.84. The Morgan fingerprint density at radius 1 is 1.14 bits per heavy atom. The highest BCUT2D eigenvalue weighted by atomic mass is 28.3. The zero-order chi connectivity index (χ0) is 10.6. The third-order valence-corrected chi connectivity index (χ3v) is 4.26. The molecule has 2 heteroatoms. The van der Waals surface area contributed by atoms with E-state index in [0.29, 0.717) is 0 Å². The number of aliphatic hydroxyl groups excluding tert-OH is 1. The molecular formula is C12H18OSi. The van der Waals surface area contributed by atoms with Gasteiger partial charge in [0.05, 0.1) is 14.7 Å². The van der Waals surface area contributed by atoms with Crippen molar-refractivity contribution in [1.29, 1.82) is 0 Å². The smallest absolute Gasteiger partial charge is 0.0775 e. The molecule has 0 spiro atoms. The molecule has 14 heavy (non-hydrogen) atoms. The number of hydrogen-bond donors (Lipinski definition) is 1. The van der Waals surface area contributed by atoms with E-state index >= 15 is 0 Å². The lowest BCUT2D eigenvalue weighted by atomic mass is 10.2. The first-order valence-corrected chi connectivity index (χ1v) is 8.42. The minimum absolute atomic E-state index is 0.107. The second-order valence-corrected chi connectivity index (χ2v) is 9.53. The predicted octanol–water partition coefficient (Wildman–Crippen LogP) is 2.24. The molecule has 0 saturated heterocycles. The first-order valence-electron chi connectivity index (χ1n) is 4.92. The molecule has 0 amide bonds. The summed E-state index contributed by atoms with van der Waals surface area (Å²) in [6.07, 6.45) is 3.69. The first kappa shape index (κ1) is 11.2. The average Bonchev–Trinajstić information content (AvgIpc) is 2.14. The molecular weight excluding hydrogens is 188 g/mol. The largest absolute Gasteiger partial charge is 0.392 e. The Labute approximate surface area is 87.1 Å². The predicted molar refractivity (Wildman–Crippen MR) is 65.5 cm³/mol. The van der Waals surface area contributed by atoms with Crippen LogP contribution in [0, 0.1) is 0 Å². The van der Waals surface area contributed by atoms with E-state index in [1.807, 2.05) is 6.08 Å². The van der Waals surface area contributed by atoms with Crippen molar-refractivity contribution in [1.82, 2.24) is 0 Å². The van der Waals surface area contributed by atoms with Gasteiger partial charge in [-0.15, -0.1) is 0 Å². The highest BCUT2D eigenvalue weighted by Gasteiger charge is 2.14. The van der Waals surface area contributed by atoms with Crippen molar-refractivity contribution in [2.24, 2.45) is 0 Å². The van der Waals surface area contributed by atoms with Crippen molar-refractivity contribution in [2.75, 3.05) is 6.61 Å². The first-order chi connectivity index (χ1) is 6.54. The second kappa shape index (κ2) is 4.58. The van der Waals surface area contributed by atoms with Crippen molar-refractivity contribution in [2.45, 2.75) is 19.6 Å². The standard InChI is InChI=1S/C12H18OSi/c1-14(2,3)12-8-6-11(7-9-12)5-4-10-13/h4-9,13H,10H2,1-3H3. The minimum atomic E-state index is -1.16. The normalized spacial score (nSPS) is 12.3. The molecule has 0 aliphatic rings. The van der Waals surface area contributed by atoms with Gasteiger partial charge < -0.3 is 5.11 Å². The summed E-state index contributed by atoms with van der Waals surface area (Å²) in [5.74, 6) is 0. The lowest BCUT2D eigenvalue weighted by molar-refractivity contribution is 0.343.